The van der Waals surface area contributed by atoms with E-state index in [1.165, 1.54) is 12.8 Å². The van der Waals surface area contributed by atoms with Crippen LogP contribution in [-0.4, -0.2) is 37.4 Å². The molecule has 0 N–H and O–H groups in total. The fraction of sp³-hybridized carbons (Fsp3) is 1.00. The Balaban J connectivity index is 2.40. The number of alkyl halides is 1. The summed E-state index contributed by atoms with van der Waals surface area (Å²) in [7, 11) is -3.03. The highest BCUT2D eigenvalue weighted by Crippen LogP contribution is 2.30. The van der Waals surface area contributed by atoms with Crippen LogP contribution in [0.3, 0.4) is 0 Å². The number of nitrogens with zero attached hydrogens (tertiary/aromatic N) is 1. The first-order valence-electron chi connectivity index (χ1n) is 5.64. The minimum absolute atomic E-state index is 0.250. The van der Waals surface area contributed by atoms with Gasteiger partial charge < -0.3 is 0 Å². The molecule has 0 radical (unpaired) electrons. The summed E-state index contributed by atoms with van der Waals surface area (Å²) in [5.41, 5.74) is 0. The van der Waals surface area contributed by atoms with Crippen LogP contribution in [0.25, 0.3) is 0 Å². The molecule has 1 aliphatic rings. The zero-order valence-electron chi connectivity index (χ0n) is 9.28. The zero-order chi connectivity index (χ0) is 11.3. The average Bonchev–Trinajstić information content (AvgIpc) is 2.97. The van der Waals surface area contributed by atoms with Crippen molar-refractivity contribution >= 4 is 21.6 Å². The van der Waals surface area contributed by atoms with Gasteiger partial charge in [0.2, 0.25) is 10.0 Å². The molecule has 15 heavy (non-hydrogen) atoms. The molecule has 0 spiro atoms. The Bertz CT molecular complexity index is 275. The fourth-order valence-corrected chi connectivity index (χ4v) is 3.38. The predicted octanol–water partition coefficient (Wildman–Crippen LogP) is 2.07. The van der Waals surface area contributed by atoms with Crippen LogP contribution in [0, 0.1) is 5.92 Å². The van der Waals surface area contributed by atoms with Gasteiger partial charge in [0.15, 0.2) is 0 Å². The van der Waals surface area contributed by atoms with Gasteiger partial charge in [-0.25, -0.2) is 12.7 Å². The van der Waals surface area contributed by atoms with Gasteiger partial charge in [-0.05, 0) is 31.6 Å². The minimum atomic E-state index is -3.03. The molecular formula is C10H20ClNO2S. The second-order valence-electron chi connectivity index (χ2n) is 4.11. The molecule has 0 aromatic carbocycles. The van der Waals surface area contributed by atoms with Gasteiger partial charge in [-0.15, -0.1) is 11.6 Å². The van der Waals surface area contributed by atoms with E-state index in [-0.39, 0.29) is 5.75 Å². The summed E-state index contributed by atoms with van der Waals surface area (Å²) in [5.74, 6) is 1.41. The Hall–Kier alpha value is 0.200. The summed E-state index contributed by atoms with van der Waals surface area (Å²) in [5, 5.41) is 0. The van der Waals surface area contributed by atoms with Crippen LogP contribution >= 0.6 is 11.6 Å². The Morgan fingerprint density at radius 2 is 2.00 bits per heavy atom. The van der Waals surface area contributed by atoms with Gasteiger partial charge in [0.25, 0.3) is 0 Å². The normalized spacial score (nSPS) is 17.3. The quantitative estimate of drug-likeness (QED) is 0.491. The lowest BCUT2D eigenvalue weighted by molar-refractivity contribution is 0.411. The van der Waals surface area contributed by atoms with Crippen LogP contribution in [0.2, 0.25) is 0 Å². The molecule has 0 aromatic heterocycles. The standard InChI is InChI=1S/C10H20ClNO2S/c1-2-12(9-10-5-6-10)15(13,14)8-4-3-7-11/h10H,2-9H2,1H3. The Morgan fingerprint density at radius 1 is 1.33 bits per heavy atom. The number of unbranched alkanes of at least 4 members (excludes halogenated alkanes) is 1. The van der Waals surface area contributed by atoms with Gasteiger partial charge in [0, 0.05) is 19.0 Å². The van der Waals surface area contributed by atoms with E-state index in [2.05, 4.69) is 0 Å². The second-order valence-corrected chi connectivity index (χ2v) is 6.57. The van der Waals surface area contributed by atoms with Crippen molar-refractivity contribution in [3.63, 3.8) is 0 Å². The average molecular weight is 254 g/mol. The summed E-state index contributed by atoms with van der Waals surface area (Å²) in [6, 6.07) is 0. The van der Waals surface area contributed by atoms with Gasteiger partial charge in [0.05, 0.1) is 5.75 Å². The molecule has 1 fully saturated rings. The van der Waals surface area contributed by atoms with Gasteiger partial charge in [-0.3, -0.25) is 0 Å². The molecule has 1 rings (SSSR count). The lowest BCUT2D eigenvalue weighted by Gasteiger charge is -2.20. The molecule has 5 heteroatoms. The molecule has 0 heterocycles. The Kier molecular flexibility index (Phi) is 5.36. The van der Waals surface area contributed by atoms with E-state index in [1.807, 2.05) is 6.92 Å². The maximum absolute atomic E-state index is 11.9. The molecule has 0 saturated heterocycles. The van der Waals surface area contributed by atoms with Crippen molar-refractivity contribution in [2.24, 2.45) is 5.92 Å². The van der Waals surface area contributed by atoms with Crippen LogP contribution in [0.5, 0.6) is 0 Å². The first kappa shape index (κ1) is 13.3. The maximum Gasteiger partial charge on any atom is 0.214 e. The lowest BCUT2D eigenvalue weighted by Crippen LogP contribution is -2.34. The third-order valence-corrected chi connectivity index (χ3v) is 4.96. The number of hydrogen-bond donors (Lipinski definition) is 0. The fourth-order valence-electron chi connectivity index (χ4n) is 1.54. The van der Waals surface area contributed by atoms with Crippen molar-refractivity contribution in [1.82, 2.24) is 4.31 Å². The van der Waals surface area contributed by atoms with E-state index in [0.717, 1.165) is 13.0 Å². The third kappa shape index (κ3) is 4.70. The van der Waals surface area contributed by atoms with E-state index in [0.29, 0.717) is 24.8 Å². The van der Waals surface area contributed by atoms with Crippen LogP contribution < -0.4 is 0 Å². The Morgan fingerprint density at radius 3 is 2.47 bits per heavy atom. The van der Waals surface area contributed by atoms with Gasteiger partial charge in [-0.2, -0.15) is 0 Å². The summed E-state index contributed by atoms with van der Waals surface area (Å²) < 4.78 is 25.4. The predicted molar refractivity (Wildman–Crippen MR) is 63.7 cm³/mol. The molecule has 1 aliphatic carbocycles. The molecule has 0 bridgehead atoms. The van der Waals surface area contributed by atoms with Crippen LogP contribution in [0.1, 0.15) is 32.6 Å². The SMILES string of the molecule is CCN(CC1CC1)S(=O)(=O)CCCCCl. The molecular weight excluding hydrogens is 234 g/mol. The van der Waals surface area contributed by atoms with Crippen LogP contribution in [0.4, 0.5) is 0 Å². The molecule has 0 aliphatic heterocycles. The first-order valence-corrected chi connectivity index (χ1v) is 7.78. The highest BCUT2D eigenvalue weighted by Gasteiger charge is 2.29. The van der Waals surface area contributed by atoms with E-state index >= 15 is 0 Å². The number of rotatable bonds is 8. The van der Waals surface area contributed by atoms with Crippen molar-refractivity contribution in [2.45, 2.75) is 32.6 Å². The number of hydrogen-bond acceptors (Lipinski definition) is 2. The molecule has 0 amide bonds. The lowest BCUT2D eigenvalue weighted by atomic mass is 10.4. The van der Waals surface area contributed by atoms with Gasteiger partial charge in [0.1, 0.15) is 0 Å². The van der Waals surface area contributed by atoms with Crippen LogP contribution in [0.15, 0.2) is 0 Å². The number of halogens is 1. The van der Waals surface area contributed by atoms with E-state index in [1.54, 1.807) is 4.31 Å². The summed E-state index contributed by atoms with van der Waals surface area (Å²) in [4.78, 5) is 0. The van der Waals surface area contributed by atoms with Crippen molar-refractivity contribution in [1.29, 1.82) is 0 Å². The topological polar surface area (TPSA) is 37.4 Å². The van der Waals surface area contributed by atoms with Gasteiger partial charge in [-0.1, -0.05) is 6.92 Å². The molecule has 0 unspecified atom stereocenters. The monoisotopic (exact) mass is 253 g/mol. The molecule has 90 valence electrons. The van der Waals surface area contributed by atoms with Crippen molar-refractivity contribution in [3.8, 4) is 0 Å². The molecule has 1 saturated carbocycles. The summed E-state index contributed by atoms with van der Waals surface area (Å²) >= 11 is 5.53. The summed E-state index contributed by atoms with van der Waals surface area (Å²) in [6.45, 7) is 3.22. The first-order chi connectivity index (χ1) is 7.10. The number of sulfonamides is 1. The summed E-state index contributed by atoms with van der Waals surface area (Å²) in [6.07, 6.45) is 3.83. The van der Waals surface area contributed by atoms with E-state index < -0.39 is 10.0 Å². The maximum atomic E-state index is 11.9. The van der Waals surface area contributed by atoms with Crippen LogP contribution in [-0.2, 0) is 10.0 Å². The highest BCUT2D eigenvalue weighted by atomic mass is 35.5. The van der Waals surface area contributed by atoms with E-state index in [4.69, 9.17) is 11.6 Å². The molecule has 0 atom stereocenters. The van der Waals surface area contributed by atoms with E-state index in [9.17, 15) is 8.42 Å². The van der Waals surface area contributed by atoms with Crippen molar-refractivity contribution in [2.75, 3.05) is 24.7 Å². The zero-order valence-corrected chi connectivity index (χ0v) is 10.9. The van der Waals surface area contributed by atoms with Crippen molar-refractivity contribution in [3.05, 3.63) is 0 Å². The molecule has 3 nitrogen and oxygen atoms in total. The molecule has 0 aromatic rings. The smallest absolute Gasteiger partial charge is 0.212 e. The minimum Gasteiger partial charge on any atom is -0.212 e. The van der Waals surface area contributed by atoms with Gasteiger partial charge >= 0.3 is 0 Å². The highest BCUT2D eigenvalue weighted by molar-refractivity contribution is 7.89. The largest absolute Gasteiger partial charge is 0.214 e. The second kappa shape index (κ2) is 6.06. The Labute approximate surface area is 97.8 Å². The van der Waals surface area contributed by atoms with Crippen molar-refractivity contribution < 1.29 is 8.42 Å². The third-order valence-electron chi connectivity index (χ3n) is 2.69.